The quantitative estimate of drug-likeness (QED) is 0.759. The van der Waals surface area contributed by atoms with Gasteiger partial charge in [-0.1, -0.05) is 12.1 Å². The van der Waals surface area contributed by atoms with E-state index in [1.807, 2.05) is 41.3 Å². The minimum atomic E-state index is 0.203. The van der Waals surface area contributed by atoms with E-state index in [2.05, 4.69) is 15.0 Å². The number of pyridine rings is 1. The smallest absolute Gasteiger partial charge is 0.223 e. The zero-order valence-electron chi connectivity index (χ0n) is 13.5. The van der Waals surface area contributed by atoms with E-state index < -0.39 is 0 Å². The van der Waals surface area contributed by atoms with Gasteiger partial charge in [0, 0.05) is 37.8 Å². The van der Waals surface area contributed by atoms with Crippen molar-refractivity contribution in [1.29, 1.82) is 0 Å². The third kappa shape index (κ3) is 3.30. The fourth-order valence-electron chi connectivity index (χ4n) is 2.98. The Hall–Kier alpha value is -2.69. The lowest BCUT2D eigenvalue weighted by Crippen LogP contribution is -2.32. The molecule has 1 amide bonds. The number of hydrogen-bond acceptors (Lipinski definition) is 3. The monoisotopic (exact) mass is 320 g/mol. The van der Waals surface area contributed by atoms with Crippen LogP contribution in [0.25, 0.3) is 11.0 Å². The Bertz CT molecular complexity index is 806. The average Bonchev–Trinajstić information content (AvgIpc) is 3.37. The van der Waals surface area contributed by atoms with Crippen molar-refractivity contribution < 1.29 is 4.79 Å². The van der Waals surface area contributed by atoms with E-state index in [0.29, 0.717) is 25.4 Å². The average molecular weight is 320 g/mol. The van der Waals surface area contributed by atoms with Gasteiger partial charge in [-0.15, -0.1) is 0 Å². The lowest BCUT2D eigenvalue weighted by molar-refractivity contribution is -0.132. The normalized spacial score (nSPS) is 14.0. The number of carbonyl (C=O) groups is 1. The van der Waals surface area contributed by atoms with Crippen molar-refractivity contribution in [2.75, 3.05) is 0 Å². The van der Waals surface area contributed by atoms with Crippen LogP contribution < -0.4 is 0 Å². The summed E-state index contributed by atoms with van der Waals surface area (Å²) in [7, 11) is 0. The summed E-state index contributed by atoms with van der Waals surface area (Å²) in [6.45, 7) is 0.673. The molecule has 0 radical (unpaired) electrons. The minimum Gasteiger partial charge on any atom is -0.342 e. The standard InChI is InChI=1S/C19H20N4O/c24-19(8-7-18-21-16-3-1-2-4-17(16)22-18)23(15-5-6-15)13-14-9-11-20-12-10-14/h1-4,9-12,15H,5-8,13H2,(H,21,22). The molecule has 4 rings (SSSR count). The molecule has 0 bridgehead atoms. The number of fused-ring (bicyclic) bond motifs is 1. The van der Waals surface area contributed by atoms with Crippen molar-refractivity contribution >= 4 is 16.9 Å². The van der Waals surface area contributed by atoms with Gasteiger partial charge in [0.25, 0.3) is 0 Å². The van der Waals surface area contributed by atoms with Crippen LogP contribution in [0.15, 0.2) is 48.8 Å². The second-order valence-electron chi connectivity index (χ2n) is 6.31. The van der Waals surface area contributed by atoms with E-state index in [1.54, 1.807) is 12.4 Å². The number of hydrogen-bond donors (Lipinski definition) is 1. The highest BCUT2D eigenvalue weighted by Gasteiger charge is 2.32. The minimum absolute atomic E-state index is 0.203. The summed E-state index contributed by atoms with van der Waals surface area (Å²) in [4.78, 5) is 26.6. The first-order valence-electron chi connectivity index (χ1n) is 8.41. The van der Waals surface area contributed by atoms with Crippen LogP contribution in [0.4, 0.5) is 0 Å². The molecule has 1 saturated carbocycles. The number of imidazole rings is 1. The summed E-state index contributed by atoms with van der Waals surface area (Å²) in [5.41, 5.74) is 3.11. The second kappa shape index (κ2) is 6.43. The Morgan fingerprint density at radius 3 is 2.71 bits per heavy atom. The lowest BCUT2D eigenvalue weighted by Gasteiger charge is -2.22. The summed E-state index contributed by atoms with van der Waals surface area (Å²) < 4.78 is 0. The molecule has 0 spiro atoms. The molecule has 0 unspecified atom stereocenters. The number of para-hydroxylation sites is 2. The summed E-state index contributed by atoms with van der Waals surface area (Å²) >= 11 is 0. The topological polar surface area (TPSA) is 61.9 Å². The van der Waals surface area contributed by atoms with Crippen molar-refractivity contribution in [3.63, 3.8) is 0 Å². The number of nitrogens with one attached hydrogen (secondary N) is 1. The van der Waals surface area contributed by atoms with Crippen molar-refractivity contribution in [3.05, 3.63) is 60.2 Å². The highest BCUT2D eigenvalue weighted by atomic mass is 16.2. The van der Waals surface area contributed by atoms with Crippen LogP contribution in [0.2, 0.25) is 0 Å². The molecule has 1 aliphatic carbocycles. The van der Waals surface area contributed by atoms with E-state index in [4.69, 9.17) is 0 Å². The lowest BCUT2D eigenvalue weighted by atomic mass is 10.2. The number of nitrogens with zero attached hydrogens (tertiary/aromatic N) is 3. The number of aryl methyl sites for hydroxylation is 1. The molecule has 1 N–H and O–H groups in total. The van der Waals surface area contributed by atoms with Crippen LogP contribution in [-0.2, 0) is 17.8 Å². The third-order valence-electron chi connectivity index (χ3n) is 4.42. The second-order valence-corrected chi connectivity index (χ2v) is 6.31. The highest BCUT2D eigenvalue weighted by Crippen LogP contribution is 2.29. The van der Waals surface area contributed by atoms with Crippen LogP contribution in [-0.4, -0.2) is 31.8 Å². The molecule has 0 atom stereocenters. The van der Waals surface area contributed by atoms with Gasteiger partial charge in [-0.25, -0.2) is 4.98 Å². The molecular formula is C19H20N4O. The van der Waals surface area contributed by atoms with E-state index in [0.717, 1.165) is 35.3 Å². The molecule has 0 saturated heterocycles. The summed E-state index contributed by atoms with van der Waals surface area (Å²) in [5, 5.41) is 0. The van der Waals surface area contributed by atoms with Crippen LogP contribution in [0.5, 0.6) is 0 Å². The summed E-state index contributed by atoms with van der Waals surface area (Å²) in [5.74, 6) is 1.08. The predicted molar refractivity (Wildman–Crippen MR) is 92.2 cm³/mol. The molecule has 5 nitrogen and oxygen atoms in total. The summed E-state index contributed by atoms with van der Waals surface area (Å²) in [6, 6.07) is 12.3. The van der Waals surface area contributed by atoms with E-state index in [9.17, 15) is 4.79 Å². The number of aromatic amines is 1. The van der Waals surface area contributed by atoms with Gasteiger partial charge in [0.05, 0.1) is 11.0 Å². The molecule has 1 aliphatic rings. The number of aromatic nitrogens is 3. The first kappa shape index (κ1) is 14.9. The Labute approximate surface area is 140 Å². The largest absolute Gasteiger partial charge is 0.342 e. The Balaban J connectivity index is 1.41. The fraction of sp³-hybridized carbons (Fsp3) is 0.316. The van der Waals surface area contributed by atoms with Crippen molar-refractivity contribution in [2.24, 2.45) is 0 Å². The highest BCUT2D eigenvalue weighted by molar-refractivity contribution is 5.78. The molecule has 1 aromatic carbocycles. The van der Waals surface area contributed by atoms with Gasteiger partial charge >= 0.3 is 0 Å². The van der Waals surface area contributed by atoms with Gasteiger partial charge < -0.3 is 9.88 Å². The fourth-order valence-corrected chi connectivity index (χ4v) is 2.98. The third-order valence-corrected chi connectivity index (χ3v) is 4.42. The molecule has 3 aromatic rings. The molecule has 24 heavy (non-hydrogen) atoms. The number of amides is 1. The number of rotatable bonds is 6. The van der Waals surface area contributed by atoms with Crippen LogP contribution in [0.3, 0.4) is 0 Å². The first-order chi connectivity index (χ1) is 11.8. The van der Waals surface area contributed by atoms with Gasteiger partial charge in [-0.05, 0) is 42.7 Å². The Kier molecular flexibility index (Phi) is 3.99. The zero-order chi connectivity index (χ0) is 16.4. The Morgan fingerprint density at radius 1 is 1.17 bits per heavy atom. The van der Waals surface area contributed by atoms with Gasteiger partial charge in [0.2, 0.25) is 5.91 Å². The zero-order valence-corrected chi connectivity index (χ0v) is 13.5. The molecular weight excluding hydrogens is 300 g/mol. The van der Waals surface area contributed by atoms with Gasteiger partial charge in [0.15, 0.2) is 0 Å². The van der Waals surface area contributed by atoms with Gasteiger partial charge in [0.1, 0.15) is 5.82 Å². The van der Waals surface area contributed by atoms with Crippen molar-refractivity contribution in [1.82, 2.24) is 19.9 Å². The van der Waals surface area contributed by atoms with Crippen LogP contribution >= 0.6 is 0 Å². The Morgan fingerprint density at radius 2 is 1.96 bits per heavy atom. The SMILES string of the molecule is O=C(CCc1nc2ccccc2[nH]1)N(Cc1ccncc1)C1CC1. The predicted octanol–water partition coefficient (Wildman–Crippen LogP) is 3.08. The van der Waals surface area contributed by atoms with Crippen LogP contribution in [0.1, 0.15) is 30.7 Å². The first-order valence-corrected chi connectivity index (χ1v) is 8.41. The van der Waals surface area contributed by atoms with E-state index >= 15 is 0 Å². The molecule has 0 aliphatic heterocycles. The maximum atomic E-state index is 12.7. The molecule has 2 aromatic heterocycles. The number of benzene rings is 1. The van der Waals surface area contributed by atoms with Gasteiger partial charge in [-0.3, -0.25) is 9.78 Å². The molecule has 1 fully saturated rings. The number of H-pyrrole nitrogens is 1. The van der Waals surface area contributed by atoms with E-state index in [-0.39, 0.29) is 5.91 Å². The maximum Gasteiger partial charge on any atom is 0.223 e. The molecule has 5 heteroatoms. The number of carbonyl (C=O) groups excluding carboxylic acids is 1. The van der Waals surface area contributed by atoms with E-state index in [1.165, 1.54) is 0 Å². The van der Waals surface area contributed by atoms with Gasteiger partial charge in [-0.2, -0.15) is 0 Å². The maximum absolute atomic E-state index is 12.7. The van der Waals surface area contributed by atoms with Crippen molar-refractivity contribution in [3.8, 4) is 0 Å². The van der Waals surface area contributed by atoms with Crippen LogP contribution in [0, 0.1) is 0 Å². The summed E-state index contributed by atoms with van der Waals surface area (Å²) in [6.07, 6.45) is 6.91. The molecule has 122 valence electrons. The molecule has 2 heterocycles. The van der Waals surface area contributed by atoms with Crippen molar-refractivity contribution in [2.45, 2.75) is 38.3 Å².